The molecule has 0 bridgehead atoms. The van der Waals surface area contributed by atoms with E-state index in [1.54, 1.807) is 0 Å². The Morgan fingerprint density at radius 2 is 2.05 bits per heavy atom. The van der Waals surface area contributed by atoms with Crippen LogP contribution >= 0.6 is 0 Å². The van der Waals surface area contributed by atoms with Crippen molar-refractivity contribution in [1.82, 2.24) is 15.1 Å². The first-order valence-electron chi connectivity index (χ1n) is 8.64. The summed E-state index contributed by atoms with van der Waals surface area (Å²) in [4.78, 5) is 17.2. The standard InChI is InChI=1S/C16H29N3O3/c1-12-9-18(10-13(2)22-12)11-14-4-3-6-19(14)16(20)15-8-17-5-7-21-15/h12-15,17H,3-11H2,1-2H3/t12-,13-,14+,15-/m1/s1. The second-order valence-electron chi connectivity index (χ2n) is 6.87. The zero-order valence-electron chi connectivity index (χ0n) is 13.8. The van der Waals surface area contributed by atoms with E-state index in [0.717, 1.165) is 45.6 Å². The van der Waals surface area contributed by atoms with Crippen molar-refractivity contribution in [1.29, 1.82) is 0 Å². The summed E-state index contributed by atoms with van der Waals surface area (Å²) in [5, 5.41) is 3.25. The number of carbonyl (C=O) groups is 1. The number of rotatable bonds is 3. The third kappa shape index (κ3) is 3.79. The van der Waals surface area contributed by atoms with Gasteiger partial charge in [0.25, 0.3) is 5.91 Å². The summed E-state index contributed by atoms with van der Waals surface area (Å²) in [7, 11) is 0. The molecule has 3 aliphatic heterocycles. The molecule has 0 aromatic heterocycles. The third-order valence-corrected chi connectivity index (χ3v) is 4.83. The van der Waals surface area contributed by atoms with Gasteiger partial charge in [0.05, 0.1) is 18.8 Å². The Labute approximate surface area is 133 Å². The fourth-order valence-corrected chi connectivity index (χ4v) is 3.96. The van der Waals surface area contributed by atoms with Gasteiger partial charge in [-0.25, -0.2) is 0 Å². The van der Waals surface area contributed by atoms with Crippen LogP contribution in [-0.2, 0) is 14.3 Å². The second-order valence-corrected chi connectivity index (χ2v) is 6.87. The molecule has 6 heteroatoms. The molecular formula is C16H29N3O3. The molecule has 0 radical (unpaired) electrons. The van der Waals surface area contributed by atoms with Crippen LogP contribution in [0.1, 0.15) is 26.7 Å². The summed E-state index contributed by atoms with van der Waals surface area (Å²) in [6, 6.07) is 0.329. The summed E-state index contributed by atoms with van der Waals surface area (Å²) < 4.78 is 11.4. The largest absolute Gasteiger partial charge is 0.373 e. The number of likely N-dealkylation sites (tertiary alicyclic amines) is 1. The van der Waals surface area contributed by atoms with Crippen molar-refractivity contribution >= 4 is 5.91 Å². The first-order valence-corrected chi connectivity index (χ1v) is 8.64. The predicted molar refractivity (Wildman–Crippen MR) is 83.8 cm³/mol. The average Bonchev–Trinajstić information content (AvgIpc) is 2.94. The van der Waals surface area contributed by atoms with E-state index >= 15 is 0 Å². The van der Waals surface area contributed by atoms with Crippen LogP contribution in [0, 0.1) is 0 Å². The van der Waals surface area contributed by atoms with Gasteiger partial charge < -0.3 is 19.7 Å². The minimum atomic E-state index is -0.295. The second kappa shape index (κ2) is 7.25. The van der Waals surface area contributed by atoms with Crippen molar-refractivity contribution in [3.05, 3.63) is 0 Å². The highest BCUT2D eigenvalue weighted by Crippen LogP contribution is 2.22. The zero-order valence-corrected chi connectivity index (χ0v) is 13.8. The molecule has 3 saturated heterocycles. The lowest BCUT2D eigenvalue weighted by molar-refractivity contribution is -0.146. The molecule has 3 heterocycles. The van der Waals surface area contributed by atoms with Crippen molar-refractivity contribution in [3.8, 4) is 0 Å². The molecule has 22 heavy (non-hydrogen) atoms. The molecule has 0 aliphatic carbocycles. The lowest BCUT2D eigenvalue weighted by Gasteiger charge is -2.39. The molecule has 1 N–H and O–H groups in total. The number of nitrogens with zero attached hydrogens (tertiary/aromatic N) is 2. The Balaban J connectivity index is 1.57. The van der Waals surface area contributed by atoms with Gasteiger partial charge in [0.2, 0.25) is 0 Å². The summed E-state index contributed by atoms with van der Waals surface area (Å²) in [5.41, 5.74) is 0. The van der Waals surface area contributed by atoms with Gasteiger partial charge in [-0.2, -0.15) is 0 Å². The van der Waals surface area contributed by atoms with Gasteiger partial charge in [-0.3, -0.25) is 9.69 Å². The van der Waals surface area contributed by atoms with E-state index in [2.05, 4.69) is 29.0 Å². The van der Waals surface area contributed by atoms with Gasteiger partial charge in [0, 0.05) is 45.3 Å². The van der Waals surface area contributed by atoms with Crippen LogP contribution in [0.3, 0.4) is 0 Å². The Morgan fingerprint density at radius 3 is 2.73 bits per heavy atom. The van der Waals surface area contributed by atoms with Crippen LogP contribution in [0.15, 0.2) is 0 Å². The van der Waals surface area contributed by atoms with Gasteiger partial charge in [-0.1, -0.05) is 0 Å². The van der Waals surface area contributed by atoms with Gasteiger partial charge in [-0.05, 0) is 26.7 Å². The molecule has 0 aromatic rings. The minimum Gasteiger partial charge on any atom is -0.373 e. The molecule has 3 aliphatic rings. The number of hydrogen-bond acceptors (Lipinski definition) is 5. The van der Waals surface area contributed by atoms with Crippen molar-refractivity contribution < 1.29 is 14.3 Å². The number of carbonyl (C=O) groups excluding carboxylic acids is 1. The topological polar surface area (TPSA) is 54.0 Å². The summed E-state index contributed by atoms with van der Waals surface area (Å²) in [6.07, 6.45) is 2.47. The van der Waals surface area contributed by atoms with E-state index in [0.29, 0.717) is 19.2 Å². The maximum absolute atomic E-state index is 12.7. The van der Waals surface area contributed by atoms with Crippen LogP contribution in [0.5, 0.6) is 0 Å². The van der Waals surface area contributed by atoms with E-state index < -0.39 is 0 Å². The third-order valence-electron chi connectivity index (χ3n) is 4.83. The van der Waals surface area contributed by atoms with Crippen LogP contribution in [0.25, 0.3) is 0 Å². The molecule has 0 aromatic carbocycles. The van der Waals surface area contributed by atoms with Crippen LogP contribution < -0.4 is 5.32 Å². The molecule has 4 atom stereocenters. The predicted octanol–water partition coefficient (Wildman–Crippen LogP) is 0.0750. The quantitative estimate of drug-likeness (QED) is 0.800. The van der Waals surface area contributed by atoms with Crippen molar-refractivity contribution in [2.45, 2.75) is 51.0 Å². The molecule has 6 nitrogen and oxygen atoms in total. The smallest absolute Gasteiger partial charge is 0.253 e. The highest BCUT2D eigenvalue weighted by atomic mass is 16.5. The molecule has 3 rings (SSSR count). The van der Waals surface area contributed by atoms with Gasteiger partial charge in [-0.15, -0.1) is 0 Å². The van der Waals surface area contributed by atoms with Crippen LogP contribution in [-0.4, -0.2) is 85.9 Å². The molecule has 126 valence electrons. The first kappa shape index (κ1) is 16.2. The Morgan fingerprint density at radius 1 is 1.27 bits per heavy atom. The zero-order chi connectivity index (χ0) is 15.5. The summed E-state index contributed by atoms with van der Waals surface area (Å²) in [5.74, 6) is 0.170. The van der Waals surface area contributed by atoms with E-state index in [9.17, 15) is 4.79 Å². The van der Waals surface area contributed by atoms with Crippen molar-refractivity contribution in [3.63, 3.8) is 0 Å². The van der Waals surface area contributed by atoms with E-state index in [4.69, 9.17) is 9.47 Å². The van der Waals surface area contributed by atoms with Gasteiger partial charge in [0.15, 0.2) is 0 Å². The summed E-state index contributed by atoms with van der Waals surface area (Å²) in [6.45, 7) is 10.1. The first-order chi connectivity index (χ1) is 10.6. The average molecular weight is 311 g/mol. The lowest BCUT2D eigenvalue weighted by Crippen LogP contribution is -2.54. The van der Waals surface area contributed by atoms with Gasteiger partial charge in [0.1, 0.15) is 6.10 Å². The SMILES string of the molecule is C[C@@H]1CN(C[C@@H]2CCCN2C(=O)[C@H]2CNCCO2)C[C@@H](C)O1. The number of amides is 1. The fourth-order valence-electron chi connectivity index (χ4n) is 3.96. The maximum atomic E-state index is 12.7. The Kier molecular flexibility index (Phi) is 5.33. The Bertz CT molecular complexity index is 377. The molecule has 0 spiro atoms. The fraction of sp³-hybridized carbons (Fsp3) is 0.938. The molecule has 1 amide bonds. The number of nitrogens with one attached hydrogen (secondary N) is 1. The van der Waals surface area contributed by atoms with Crippen LogP contribution in [0.4, 0.5) is 0 Å². The van der Waals surface area contributed by atoms with Gasteiger partial charge >= 0.3 is 0 Å². The number of hydrogen-bond donors (Lipinski definition) is 1. The molecule has 0 unspecified atom stereocenters. The maximum Gasteiger partial charge on any atom is 0.253 e. The highest BCUT2D eigenvalue weighted by molar-refractivity contribution is 5.82. The minimum absolute atomic E-state index is 0.170. The van der Waals surface area contributed by atoms with E-state index in [1.807, 2.05) is 0 Å². The normalized spacial score (nSPS) is 37.5. The van der Waals surface area contributed by atoms with E-state index in [1.165, 1.54) is 0 Å². The van der Waals surface area contributed by atoms with E-state index in [-0.39, 0.29) is 24.2 Å². The number of ether oxygens (including phenoxy) is 2. The monoisotopic (exact) mass is 311 g/mol. The van der Waals surface area contributed by atoms with Crippen LogP contribution in [0.2, 0.25) is 0 Å². The molecule has 0 saturated carbocycles. The van der Waals surface area contributed by atoms with Crippen molar-refractivity contribution in [2.75, 3.05) is 45.9 Å². The Hall–Kier alpha value is -0.690. The number of morpholine rings is 2. The lowest BCUT2D eigenvalue weighted by atomic mass is 10.1. The highest BCUT2D eigenvalue weighted by Gasteiger charge is 2.36. The molecule has 3 fully saturated rings. The summed E-state index contributed by atoms with van der Waals surface area (Å²) >= 11 is 0. The molecular weight excluding hydrogens is 282 g/mol. The van der Waals surface area contributed by atoms with Crippen molar-refractivity contribution in [2.24, 2.45) is 0 Å².